The number of methoxy groups -OCH3 is 1. The Morgan fingerprint density at radius 1 is 1.15 bits per heavy atom. The molecule has 2 N–H and O–H groups in total. The molecule has 152 valence electrons. The predicted molar refractivity (Wildman–Crippen MR) is 109 cm³/mol. The SMILES string of the molecule is CCNC(=NCC(C)N1CCOCC1)NCC(C)Oc1ccc(OC)cc1. The summed E-state index contributed by atoms with van der Waals surface area (Å²) in [6.07, 6.45) is 0.0129. The van der Waals surface area contributed by atoms with Crippen LogP contribution in [0.3, 0.4) is 0 Å². The van der Waals surface area contributed by atoms with Gasteiger partial charge >= 0.3 is 0 Å². The number of nitrogens with zero attached hydrogens (tertiary/aromatic N) is 2. The van der Waals surface area contributed by atoms with E-state index in [0.29, 0.717) is 12.6 Å². The average molecular weight is 379 g/mol. The Morgan fingerprint density at radius 2 is 1.81 bits per heavy atom. The Balaban J connectivity index is 1.79. The Hall–Kier alpha value is -1.99. The second-order valence-corrected chi connectivity index (χ2v) is 6.70. The third-order valence-corrected chi connectivity index (χ3v) is 4.48. The molecule has 1 fully saturated rings. The first-order chi connectivity index (χ1) is 13.1. The molecule has 1 aliphatic heterocycles. The number of morpholine rings is 1. The molecule has 27 heavy (non-hydrogen) atoms. The van der Waals surface area contributed by atoms with E-state index in [2.05, 4.69) is 29.4 Å². The predicted octanol–water partition coefficient (Wildman–Crippen LogP) is 1.74. The monoisotopic (exact) mass is 378 g/mol. The fraction of sp³-hybridized carbons (Fsp3) is 0.650. The highest BCUT2D eigenvalue weighted by atomic mass is 16.5. The van der Waals surface area contributed by atoms with Crippen LogP contribution in [-0.2, 0) is 4.74 Å². The maximum absolute atomic E-state index is 5.94. The second kappa shape index (κ2) is 11.7. The van der Waals surface area contributed by atoms with Gasteiger partial charge in [0, 0.05) is 25.7 Å². The number of nitrogens with one attached hydrogen (secondary N) is 2. The van der Waals surface area contributed by atoms with Crippen LogP contribution in [0.15, 0.2) is 29.3 Å². The van der Waals surface area contributed by atoms with Gasteiger partial charge in [-0.25, -0.2) is 0 Å². The fourth-order valence-electron chi connectivity index (χ4n) is 2.87. The summed E-state index contributed by atoms with van der Waals surface area (Å²) in [6.45, 7) is 12.2. The largest absolute Gasteiger partial charge is 0.497 e. The Labute approximate surface area is 163 Å². The highest BCUT2D eigenvalue weighted by Gasteiger charge is 2.16. The lowest BCUT2D eigenvalue weighted by Gasteiger charge is -2.31. The molecular formula is C20H34N4O3. The van der Waals surface area contributed by atoms with Crippen LogP contribution in [0.4, 0.5) is 0 Å². The average Bonchev–Trinajstić information content (AvgIpc) is 2.71. The quantitative estimate of drug-likeness (QED) is 0.504. The van der Waals surface area contributed by atoms with Crippen molar-refractivity contribution in [2.24, 2.45) is 4.99 Å². The highest BCUT2D eigenvalue weighted by molar-refractivity contribution is 5.79. The van der Waals surface area contributed by atoms with Gasteiger partial charge < -0.3 is 24.8 Å². The van der Waals surface area contributed by atoms with E-state index < -0.39 is 0 Å². The molecule has 1 aliphatic rings. The van der Waals surface area contributed by atoms with Gasteiger partial charge in [-0.1, -0.05) is 0 Å². The molecule has 2 atom stereocenters. The molecule has 7 nitrogen and oxygen atoms in total. The molecule has 1 aromatic carbocycles. The molecule has 0 saturated carbocycles. The Kier molecular flexibility index (Phi) is 9.21. The standard InChI is InChI=1S/C20H34N4O3/c1-5-21-20(22-14-16(2)24-10-12-26-13-11-24)23-15-17(3)27-19-8-6-18(25-4)7-9-19/h6-9,16-17H,5,10-15H2,1-4H3,(H2,21,22,23). The Bertz CT molecular complexity index is 559. The van der Waals surface area contributed by atoms with E-state index >= 15 is 0 Å². The number of guanidine groups is 1. The third-order valence-electron chi connectivity index (χ3n) is 4.48. The van der Waals surface area contributed by atoms with Gasteiger partial charge in [0.1, 0.15) is 17.6 Å². The van der Waals surface area contributed by atoms with Crippen molar-refractivity contribution in [2.45, 2.75) is 32.9 Å². The lowest BCUT2D eigenvalue weighted by Crippen LogP contribution is -2.45. The Morgan fingerprint density at radius 3 is 2.44 bits per heavy atom. The normalized spacial score (nSPS) is 17.9. The maximum atomic E-state index is 5.94. The van der Waals surface area contributed by atoms with Gasteiger partial charge in [0.25, 0.3) is 0 Å². The van der Waals surface area contributed by atoms with Gasteiger partial charge in [0.15, 0.2) is 5.96 Å². The minimum absolute atomic E-state index is 0.0129. The molecular weight excluding hydrogens is 344 g/mol. The number of benzene rings is 1. The van der Waals surface area contributed by atoms with Crippen molar-refractivity contribution in [1.82, 2.24) is 15.5 Å². The van der Waals surface area contributed by atoms with Crippen LogP contribution < -0.4 is 20.1 Å². The molecule has 0 bridgehead atoms. The van der Waals surface area contributed by atoms with Crippen LogP contribution >= 0.6 is 0 Å². The van der Waals surface area contributed by atoms with Crippen molar-refractivity contribution in [3.05, 3.63) is 24.3 Å². The lowest BCUT2D eigenvalue weighted by atomic mass is 10.2. The van der Waals surface area contributed by atoms with E-state index in [-0.39, 0.29) is 6.10 Å². The van der Waals surface area contributed by atoms with E-state index in [1.54, 1.807) is 7.11 Å². The van der Waals surface area contributed by atoms with Crippen molar-refractivity contribution in [3.8, 4) is 11.5 Å². The van der Waals surface area contributed by atoms with Crippen LogP contribution in [0, 0.1) is 0 Å². The van der Waals surface area contributed by atoms with Crippen LogP contribution in [0.5, 0.6) is 11.5 Å². The van der Waals surface area contributed by atoms with Crippen LogP contribution in [0.2, 0.25) is 0 Å². The van der Waals surface area contributed by atoms with E-state index in [0.717, 1.165) is 56.9 Å². The van der Waals surface area contributed by atoms with Gasteiger partial charge in [0.2, 0.25) is 0 Å². The van der Waals surface area contributed by atoms with Crippen LogP contribution in [0.1, 0.15) is 20.8 Å². The summed E-state index contributed by atoms with van der Waals surface area (Å²) >= 11 is 0. The first kappa shape index (κ1) is 21.3. The van der Waals surface area contributed by atoms with Crippen molar-refractivity contribution < 1.29 is 14.2 Å². The topological polar surface area (TPSA) is 67.4 Å². The van der Waals surface area contributed by atoms with Gasteiger partial charge in [0.05, 0.1) is 33.4 Å². The summed E-state index contributed by atoms with van der Waals surface area (Å²) in [5.74, 6) is 2.47. The van der Waals surface area contributed by atoms with Crippen molar-refractivity contribution >= 4 is 5.96 Å². The molecule has 0 spiro atoms. The fourth-order valence-corrected chi connectivity index (χ4v) is 2.87. The van der Waals surface area contributed by atoms with E-state index in [1.807, 2.05) is 31.2 Å². The zero-order valence-corrected chi connectivity index (χ0v) is 17.0. The maximum Gasteiger partial charge on any atom is 0.191 e. The summed E-state index contributed by atoms with van der Waals surface area (Å²) in [5, 5.41) is 6.67. The van der Waals surface area contributed by atoms with Gasteiger partial charge in [-0.3, -0.25) is 9.89 Å². The first-order valence-corrected chi connectivity index (χ1v) is 9.77. The van der Waals surface area contributed by atoms with E-state index in [4.69, 9.17) is 19.2 Å². The van der Waals surface area contributed by atoms with E-state index in [9.17, 15) is 0 Å². The number of hydrogen-bond acceptors (Lipinski definition) is 5. The smallest absolute Gasteiger partial charge is 0.191 e. The van der Waals surface area contributed by atoms with Crippen LogP contribution in [-0.4, -0.2) is 76.1 Å². The molecule has 0 aromatic heterocycles. The number of hydrogen-bond donors (Lipinski definition) is 2. The molecule has 1 heterocycles. The summed E-state index contributed by atoms with van der Waals surface area (Å²) in [6, 6.07) is 8.02. The lowest BCUT2D eigenvalue weighted by molar-refractivity contribution is 0.0220. The van der Waals surface area contributed by atoms with Gasteiger partial charge in [-0.15, -0.1) is 0 Å². The third kappa shape index (κ3) is 7.64. The zero-order chi connectivity index (χ0) is 19.5. The number of aliphatic imine (C=N–C) groups is 1. The highest BCUT2D eigenvalue weighted by Crippen LogP contribution is 2.17. The second-order valence-electron chi connectivity index (χ2n) is 6.70. The summed E-state index contributed by atoms with van der Waals surface area (Å²) < 4.78 is 16.5. The van der Waals surface area contributed by atoms with Crippen molar-refractivity contribution in [1.29, 1.82) is 0 Å². The van der Waals surface area contributed by atoms with Gasteiger partial charge in [-0.05, 0) is 45.0 Å². The van der Waals surface area contributed by atoms with Crippen molar-refractivity contribution in [2.75, 3.05) is 53.0 Å². The van der Waals surface area contributed by atoms with Gasteiger partial charge in [-0.2, -0.15) is 0 Å². The number of ether oxygens (including phenoxy) is 3. The minimum Gasteiger partial charge on any atom is -0.497 e. The number of rotatable bonds is 9. The molecule has 0 radical (unpaired) electrons. The molecule has 2 rings (SSSR count). The summed E-state index contributed by atoms with van der Waals surface area (Å²) in [7, 11) is 1.66. The first-order valence-electron chi connectivity index (χ1n) is 9.77. The zero-order valence-electron chi connectivity index (χ0n) is 17.0. The molecule has 1 aromatic rings. The van der Waals surface area contributed by atoms with Crippen LogP contribution in [0.25, 0.3) is 0 Å². The molecule has 0 amide bonds. The molecule has 2 unspecified atom stereocenters. The molecule has 1 saturated heterocycles. The minimum atomic E-state index is 0.0129. The molecule has 7 heteroatoms. The summed E-state index contributed by atoms with van der Waals surface area (Å²) in [4.78, 5) is 7.15. The molecule has 0 aliphatic carbocycles. The van der Waals surface area contributed by atoms with Crippen molar-refractivity contribution in [3.63, 3.8) is 0 Å². The summed E-state index contributed by atoms with van der Waals surface area (Å²) in [5.41, 5.74) is 0. The van der Waals surface area contributed by atoms with E-state index in [1.165, 1.54) is 0 Å².